The summed E-state index contributed by atoms with van der Waals surface area (Å²) in [6.45, 7) is 4.17. The van der Waals surface area contributed by atoms with Gasteiger partial charge in [-0.3, -0.25) is 4.90 Å². The molecule has 1 aliphatic carbocycles. The number of hydrogen-bond donors (Lipinski definition) is 0. The summed E-state index contributed by atoms with van der Waals surface area (Å²) in [5.41, 5.74) is 6.60. The summed E-state index contributed by atoms with van der Waals surface area (Å²) in [6, 6.07) is 28.4. The lowest BCUT2D eigenvalue weighted by atomic mass is 9.86. The summed E-state index contributed by atoms with van der Waals surface area (Å²) in [5.74, 6) is 2.02. The fraction of sp³-hybridized carbons (Fsp3) is 0.267. The zero-order valence-electron chi connectivity index (χ0n) is 19.1. The van der Waals surface area contributed by atoms with Crippen molar-refractivity contribution in [2.24, 2.45) is 0 Å². The molecule has 3 heteroatoms. The molecule has 0 amide bonds. The molecule has 166 valence electrons. The van der Waals surface area contributed by atoms with Crippen molar-refractivity contribution in [2.45, 2.75) is 18.8 Å². The van der Waals surface area contributed by atoms with Crippen LogP contribution in [0.4, 0.5) is 0 Å². The Balaban J connectivity index is 1.36. The highest BCUT2D eigenvalue weighted by Gasteiger charge is 2.32. The van der Waals surface area contributed by atoms with Crippen molar-refractivity contribution >= 4 is 10.8 Å². The molecule has 0 saturated carbocycles. The van der Waals surface area contributed by atoms with Crippen LogP contribution in [0, 0.1) is 0 Å². The van der Waals surface area contributed by atoms with Crippen LogP contribution >= 0.6 is 0 Å². The summed E-state index contributed by atoms with van der Waals surface area (Å²) in [4.78, 5) is 2.49. The monoisotopic (exact) mass is 435 g/mol. The molecule has 2 aliphatic rings. The molecule has 1 saturated heterocycles. The van der Waals surface area contributed by atoms with Crippen molar-refractivity contribution in [3.63, 3.8) is 0 Å². The molecular weight excluding hydrogens is 406 g/mol. The number of fused-ring (bicyclic) bond motifs is 5. The maximum atomic E-state index is 6.07. The van der Waals surface area contributed by atoms with Crippen LogP contribution < -0.4 is 9.47 Å². The second kappa shape index (κ2) is 8.57. The summed E-state index contributed by atoms with van der Waals surface area (Å²) in [7, 11) is 1.74. The van der Waals surface area contributed by atoms with E-state index in [1.54, 1.807) is 7.11 Å². The number of benzene rings is 4. The first kappa shape index (κ1) is 20.3. The molecule has 33 heavy (non-hydrogen) atoms. The van der Waals surface area contributed by atoms with Gasteiger partial charge in [-0.05, 0) is 88.8 Å². The smallest absolute Gasteiger partial charge is 0.119 e. The number of hydrogen-bond acceptors (Lipinski definition) is 3. The number of ether oxygens (including phenoxy) is 2. The van der Waals surface area contributed by atoms with Crippen LogP contribution in [-0.4, -0.2) is 38.3 Å². The predicted molar refractivity (Wildman–Crippen MR) is 134 cm³/mol. The van der Waals surface area contributed by atoms with E-state index in [1.807, 2.05) is 0 Å². The van der Waals surface area contributed by atoms with Crippen molar-refractivity contribution in [1.82, 2.24) is 4.90 Å². The average Bonchev–Trinajstić information content (AvgIpc) is 3.50. The first-order valence-corrected chi connectivity index (χ1v) is 12.0. The molecule has 0 spiro atoms. The fourth-order valence-corrected chi connectivity index (χ4v) is 5.55. The molecule has 1 aliphatic heterocycles. The average molecular weight is 436 g/mol. The van der Waals surface area contributed by atoms with Gasteiger partial charge in [0, 0.05) is 12.5 Å². The zero-order chi connectivity index (χ0) is 22.2. The minimum absolute atomic E-state index is 0.176. The summed E-state index contributed by atoms with van der Waals surface area (Å²) < 4.78 is 11.7. The van der Waals surface area contributed by atoms with Crippen molar-refractivity contribution in [3.05, 3.63) is 95.6 Å². The number of rotatable bonds is 6. The van der Waals surface area contributed by atoms with Gasteiger partial charge in [-0.15, -0.1) is 0 Å². The van der Waals surface area contributed by atoms with Crippen molar-refractivity contribution in [3.8, 4) is 22.6 Å². The van der Waals surface area contributed by atoms with Gasteiger partial charge in [0.15, 0.2) is 0 Å². The number of nitrogens with zero attached hydrogens (tertiary/aromatic N) is 1. The van der Waals surface area contributed by atoms with Gasteiger partial charge in [0.25, 0.3) is 0 Å². The first-order valence-electron chi connectivity index (χ1n) is 12.0. The molecule has 4 aromatic carbocycles. The van der Waals surface area contributed by atoms with Crippen molar-refractivity contribution in [2.75, 3.05) is 33.4 Å². The predicted octanol–water partition coefficient (Wildman–Crippen LogP) is 6.48. The van der Waals surface area contributed by atoms with E-state index in [4.69, 9.17) is 9.47 Å². The molecule has 0 bridgehead atoms. The highest BCUT2D eigenvalue weighted by Crippen LogP contribution is 2.51. The van der Waals surface area contributed by atoms with E-state index in [9.17, 15) is 0 Å². The molecule has 3 nitrogen and oxygen atoms in total. The van der Waals surface area contributed by atoms with Gasteiger partial charge in [0.2, 0.25) is 0 Å². The third kappa shape index (κ3) is 3.67. The van der Waals surface area contributed by atoms with E-state index in [0.717, 1.165) is 24.7 Å². The van der Waals surface area contributed by atoms with Crippen molar-refractivity contribution in [1.29, 1.82) is 0 Å². The Labute approximate surface area is 195 Å². The molecule has 1 fully saturated rings. The van der Waals surface area contributed by atoms with Crippen LogP contribution in [0.3, 0.4) is 0 Å². The van der Waals surface area contributed by atoms with Crippen LogP contribution in [0.5, 0.6) is 11.5 Å². The van der Waals surface area contributed by atoms with E-state index in [2.05, 4.69) is 83.8 Å². The molecule has 1 unspecified atom stereocenters. The van der Waals surface area contributed by atoms with Crippen molar-refractivity contribution < 1.29 is 9.47 Å². The molecule has 0 aromatic heterocycles. The molecule has 6 rings (SSSR count). The highest BCUT2D eigenvalue weighted by atomic mass is 16.5. The second-order valence-electron chi connectivity index (χ2n) is 9.10. The number of likely N-dealkylation sites (tertiary alicyclic amines) is 1. The SMILES string of the molecule is COc1ccc2c(c1)C(c1ccc(OCCN3CCCC3)cc1)c1c-2ccc2ccccc12. The largest absolute Gasteiger partial charge is 0.497 e. The lowest BCUT2D eigenvalue weighted by Crippen LogP contribution is -2.25. The van der Waals surface area contributed by atoms with E-state index >= 15 is 0 Å². The lowest BCUT2D eigenvalue weighted by Gasteiger charge is -2.18. The maximum Gasteiger partial charge on any atom is 0.119 e. The highest BCUT2D eigenvalue weighted by molar-refractivity contribution is 5.97. The molecule has 0 radical (unpaired) electrons. The Bertz CT molecular complexity index is 1290. The van der Waals surface area contributed by atoms with Crippen LogP contribution in [0.25, 0.3) is 21.9 Å². The minimum atomic E-state index is 0.176. The van der Waals surface area contributed by atoms with Crippen LogP contribution in [-0.2, 0) is 0 Å². The Hall–Kier alpha value is -3.30. The molecule has 0 N–H and O–H groups in total. The molecule has 4 aromatic rings. The van der Waals surface area contributed by atoms with Gasteiger partial charge in [-0.1, -0.05) is 54.6 Å². The lowest BCUT2D eigenvalue weighted by molar-refractivity contribution is 0.238. The Morgan fingerprint density at radius 3 is 2.39 bits per heavy atom. The van der Waals surface area contributed by atoms with Crippen LogP contribution in [0.2, 0.25) is 0 Å². The Morgan fingerprint density at radius 1 is 0.818 bits per heavy atom. The maximum absolute atomic E-state index is 6.07. The van der Waals surface area contributed by atoms with Gasteiger partial charge in [0.1, 0.15) is 18.1 Å². The van der Waals surface area contributed by atoms with Crippen LogP contribution in [0.1, 0.15) is 35.4 Å². The van der Waals surface area contributed by atoms with Gasteiger partial charge in [0.05, 0.1) is 7.11 Å². The Kier molecular flexibility index (Phi) is 5.27. The normalized spacial score (nSPS) is 17.2. The first-order chi connectivity index (χ1) is 16.3. The fourth-order valence-electron chi connectivity index (χ4n) is 5.55. The van der Waals surface area contributed by atoms with E-state index in [0.29, 0.717) is 0 Å². The minimum Gasteiger partial charge on any atom is -0.497 e. The van der Waals surface area contributed by atoms with Crippen LogP contribution in [0.15, 0.2) is 78.9 Å². The van der Waals surface area contributed by atoms with Gasteiger partial charge >= 0.3 is 0 Å². The zero-order valence-corrected chi connectivity index (χ0v) is 19.1. The molecular formula is C30H29NO2. The third-order valence-corrected chi connectivity index (χ3v) is 7.21. The molecule has 1 atom stereocenters. The van der Waals surface area contributed by atoms with Gasteiger partial charge in [-0.25, -0.2) is 0 Å². The number of methoxy groups -OCH3 is 1. The topological polar surface area (TPSA) is 21.7 Å². The molecule has 1 heterocycles. The Morgan fingerprint density at radius 2 is 1.58 bits per heavy atom. The van der Waals surface area contributed by atoms with E-state index < -0.39 is 0 Å². The van der Waals surface area contributed by atoms with Gasteiger partial charge in [-0.2, -0.15) is 0 Å². The van der Waals surface area contributed by atoms with E-state index in [-0.39, 0.29) is 5.92 Å². The summed E-state index contributed by atoms with van der Waals surface area (Å²) in [6.07, 6.45) is 2.64. The summed E-state index contributed by atoms with van der Waals surface area (Å²) >= 11 is 0. The summed E-state index contributed by atoms with van der Waals surface area (Å²) in [5, 5.41) is 2.60. The third-order valence-electron chi connectivity index (χ3n) is 7.21. The second-order valence-corrected chi connectivity index (χ2v) is 9.10. The standard InChI is InChI=1S/C30H29NO2/c1-32-24-13-15-26-27-14-10-21-6-2-3-7-25(21)30(27)29(28(26)20-24)22-8-11-23(12-9-22)33-19-18-31-16-4-5-17-31/h2-3,6-15,20,29H,4-5,16-19H2,1H3. The quantitative estimate of drug-likeness (QED) is 0.305. The van der Waals surface area contributed by atoms with E-state index in [1.165, 1.54) is 64.5 Å². The van der Waals surface area contributed by atoms with Gasteiger partial charge < -0.3 is 9.47 Å².